The smallest absolute Gasteiger partial charge is 0.550 e. The number of hydrogen-bond acceptors (Lipinski definition) is 14. The summed E-state index contributed by atoms with van der Waals surface area (Å²) in [5, 5.41) is 70.2. The van der Waals surface area contributed by atoms with Crippen molar-refractivity contribution in [1.82, 2.24) is 0 Å². The van der Waals surface area contributed by atoms with E-state index in [2.05, 4.69) is 48.5 Å². The largest absolute Gasteiger partial charge is 1.00 e. The van der Waals surface area contributed by atoms with Gasteiger partial charge >= 0.3 is 207 Å². The summed E-state index contributed by atoms with van der Waals surface area (Å²) in [6, 6.07) is 0. The number of carboxylic acid groups (broad SMARTS) is 7. The summed E-state index contributed by atoms with van der Waals surface area (Å²) in [4.78, 5) is 70.2. The zero-order valence-electron chi connectivity index (χ0n) is 62.8. The summed E-state index contributed by atoms with van der Waals surface area (Å²) in [5.41, 5.74) is 0. The zero-order chi connectivity index (χ0) is 64.6. The number of unbranched alkanes of at least 4 members (excludes halogenated alkanes) is 42. The van der Waals surface area contributed by atoms with Crippen molar-refractivity contribution in [2.75, 3.05) is 0 Å². The Morgan fingerprint density at radius 2 is 0.209 bits per heavy atom. The van der Waals surface area contributed by atoms with Crippen molar-refractivity contribution < 1.29 is 276 Å². The van der Waals surface area contributed by atoms with Crippen molar-refractivity contribution in [3.05, 3.63) is 0 Å². The van der Waals surface area contributed by atoms with E-state index in [0.29, 0.717) is 0 Å². The van der Waals surface area contributed by atoms with Crippen LogP contribution in [0.2, 0.25) is 0 Å². The molecule has 0 rings (SSSR count). The molecule has 21 heteroatoms. The van der Waals surface area contributed by atoms with E-state index in [1.54, 1.807) is 0 Å². The molecule has 0 amide bonds. The van der Waals surface area contributed by atoms with Crippen LogP contribution in [0.1, 0.15) is 408 Å². The molecule has 0 fully saturated rings. The van der Waals surface area contributed by atoms with Crippen LogP contribution in [0.25, 0.3) is 0 Å². The fraction of sp³-hybridized carbons (Fsp3) is 0.900. The van der Waals surface area contributed by atoms with Crippen molar-refractivity contribution in [3.63, 3.8) is 0 Å². The molecule has 91 heavy (non-hydrogen) atoms. The Labute approximate surface area is 716 Å². The predicted molar refractivity (Wildman–Crippen MR) is 333 cm³/mol. The average Bonchev–Trinajstić information content (AvgIpc) is 3.44. The molecule has 0 N–H and O–H groups in total. The van der Waals surface area contributed by atoms with Crippen LogP contribution in [0.15, 0.2) is 0 Å². The van der Waals surface area contributed by atoms with Gasteiger partial charge in [-0.3, -0.25) is 0 Å². The van der Waals surface area contributed by atoms with Gasteiger partial charge in [-0.15, -0.1) is 0 Å². The van der Waals surface area contributed by atoms with Crippen LogP contribution in [-0.2, 0) is 33.6 Å². The Kier molecular flexibility index (Phi) is 172. The molecule has 0 aromatic carbocycles. The molecule has 0 aromatic heterocycles. The average molecular weight is 1360 g/mol. The molecule has 0 bridgehead atoms. The van der Waals surface area contributed by atoms with Gasteiger partial charge in [0.05, 0.1) is 0 Å². The van der Waals surface area contributed by atoms with Crippen molar-refractivity contribution in [2.45, 2.75) is 408 Å². The van der Waals surface area contributed by atoms with Gasteiger partial charge in [0.25, 0.3) is 0 Å². The molecule has 0 unspecified atom stereocenters. The number of rotatable bonds is 56. The standard InChI is InChI=1S/7C10H20O2.7Na/c7*1-2-3-4-5-6-7-8-9-10(11)12;;;;;;;/h7*2-9H2,1H3,(H,11,12);;;;;;;/q;;;;;;;7*+1/p-7. The maximum atomic E-state index is 10.0. The van der Waals surface area contributed by atoms with Gasteiger partial charge < -0.3 is 69.3 Å². The number of carbonyl (C=O) groups is 7. The molecule has 0 radical (unpaired) electrons. The van der Waals surface area contributed by atoms with Crippen LogP contribution in [0.4, 0.5) is 0 Å². The summed E-state index contributed by atoms with van der Waals surface area (Å²) in [5.74, 6) is -6.39. The maximum absolute atomic E-state index is 10.0. The van der Waals surface area contributed by atoms with E-state index in [-0.39, 0.29) is 252 Å². The number of aliphatic carboxylic acids is 7. The fourth-order valence-electron chi connectivity index (χ4n) is 8.59. The van der Waals surface area contributed by atoms with Gasteiger partial charge in [-0.25, -0.2) is 0 Å². The van der Waals surface area contributed by atoms with Crippen LogP contribution in [-0.4, -0.2) is 41.8 Å². The van der Waals surface area contributed by atoms with Crippen LogP contribution < -0.4 is 243 Å². The van der Waals surface area contributed by atoms with E-state index in [4.69, 9.17) is 0 Å². The molecular weight excluding hydrogens is 1230 g/mol. The van der Waals surface area contributed by atoms with E-state index < -0.39 is 41.8 Å². The molecule has 14 nitrogen and oxygen atoms in total. The number of carbonyl (C=O) groups excluding carboxylic acids is 7. The second-order valence-electron chi connectivity index (χ2n) is 22.7. The molecule has 0 aromatic rings. The molecule has 0 aliphatic carbocycles. The SMILES string of the molecule is CCCCCCCCCC(=O)[O-].CCCCCCCCCC(=O)[O-].CCCCCCCCCC(=O)[O-].CCCCCCCCCC(=O)[O-].CCCCCCCCCC(=O)[O-].CCCCCCCCCC(=O)[O-].CCCCCCCCCC(=O)[O-].[Na+].[Na+].[Na+].[Na+].[Na+].[Na+].[Na+]. The molecule has 0 aliphatic heterocycles. The first-order valence-corrected chi connectivity index (χ1v) is 34.8. The first-order valence-electron chi connectivity index (χ1n) is 34.8. The Balaban J connectivity index is -0.0000000625. The first-order chi connectivity index (χ1) is 40.4. The second-order valence-corrected chi connectivity index (χ2v) is 22.7. The molecule has 0 heterocycles. The van der Waals surface area contributed by atoms with Crippen LogP contribution >= 0.6 is 0 Å². The van der Waals surface area contributed by atoms with Crippen molar-refractivity contribution in [3.8, 4) is 0 Å². The normalized spacial score (nSPS) is 9.31. The molecule has 0 saturated carbocycles. The monoisotopic (exact) mass is 1360 g/mol. The molecule has 504 valence electrons. The van der Waals surface area contributed by atoms with E-state index in [0.717, 1.165) is 89.9 Å². The van der Waals surface area contributed by atoms with Crippen molar-refractivity contribution in [1.29, 1.82) is 0 Å². The van der Waals surface area contributed by atoms with E-state index in [1.807, 2.05) is 0 Å². The third-order valence-electron chi connectivity index (χ3n) is 13.9. The number of hydrogen-bond donors (Lipinski definition) is 0. The van der Waals surface area contributed by atoms with E-state index >= 15 is 0 Å². The zero-order valence-corrected chi connectivity index (χ0v) is 76.8. The first kappa shape index (κ1) is 127. The van der Waals surface area contributed by atoms with E-state index in [9.17, 15) is 69.3 Å². The van der Waals surface area contributed by atoms with Crippen LogP contribution in [0.5, 0.6) is 0 Å². The fourth-order valence-corrected chi connectivity index (χ4v) is 8.59. The quantitative estimate of drug-likeness (QED) is 0.0404. The van der Waals surface area contributed by atoms with Gasteiger partial charge in [0.2, 0.25) is 0 Å². The molecule has 0 atom stereocenters. The van der Waals surface area contributed by atoms with Crippen molar-refractivity contribution >= 4 is 41.8 Å². The summed E-state index contributed by atoms with van der Waals surface area (Å²) >= 11 is 0. The van der Waals surface area contributed by atoms with Crippen LogP contribution in [0.3, 0.4) is 0 Å². The van der Waals surface area contributed by atoms with Gasteiger partial charge in [-0.2, -0.15) is 0 Å². The number of carboxylic acids is 7. The molecule has 0 aliphatic rings. The van der Waals surface area contributed by atoms with Crippen molar-refractivity contribution in [2.24, 2.45) is 0 Å². The van der Waals surface area contributed by atoms with Crippen LogP contribution in [0, 0.1) is 0 Å². The minimum Gasteiger partial charge on any atom is -0.550 e. The van der Waals surface area contributed by atoms with Gasteiger partial charge in [-0.05, 0) is 89.9 Å². The Hall–Kier alpha value is 3.29. The predicted octanol–water partition coefficient (Wildman–Crippen LogP) is -7.83. The van der Waals surface area contributed by atoms with Gasteiger partial charge in [-0.1, -0.05) is 318 Å². The van der Waals surface area contributed by atoms with E-state index in [1.165, 1.54) is 225 Å². The van der Waals surface area contributed by atoms with Gasteiger partial charge in [0, 0.05) is 41.8 Å². The van der Waals surface area contributed by atoms with Gasteiger partial charge in [0.1, 0.15) is 0 Å². The molecule has 0 saturated heterocycles. The Bertz CT molecular complexity index is 1080. The summed E-state index contributed by atoms with van der Waals surface area (Å²) in [6.45, 7) is 15.3. The third-order valence-corrected chi connectivity index (χ3v) is 13.9. The minimum absolute atomic E-state index is 0. The maximum Gasteiger partial charge on any atom is 1.00 e. The second kappa shape index (κ2) is 123. The minimum atomic E-state index is -0.913. The molecule has 0 spiro atoms. The summed E-state index contributed by atoms with van der Waals surface area (Å²) in [7, 11) is 0. The Morgan fingerprint density at radius 3 is 0.275 bits per heavy atom. The summed E-state index contributed by atoms with van der Waals surface area (Å²) < 4.78 is 0. The Morgan fingerprint density at radius 1 is 0.143 bits per heavy atom. The molecular formula is C70H133Na7O14. The summed E-state index contributed by atoms with van der Waals surface area (Å²) in [6.07, 6.45) is 58.4. The topological polar surface area (TPSA) is 281 Å². The van der Waals surface area contributed by atoms with Gasteiger partial charge in [0.15, 0.2) is 0 Å². The third kappa shape index (κ3) is 177.